The number of aliphatic carboxylic acids is 1. The van der Waals surface area contributed by atoms with Gasteiger partial charge in [0, 0.05) is 13.0 Å². The molecule has 2 rings (SSSR count). The van der Waals surface area contributed by atoms with Gasteiger partial charge in [-0.15, -0.1) is 0 Å². The molecule has 1 fully saturated rings. The number of halogens is 3. The molecule has 0 radical (unpaired) electrons. The molecule has 1 aromatic rings. The van der Waals surface area contributed by atoms with E-state index < -0.39 is 29.9 Å². The standard InChI is InChI=1S/C20H28F3NO3/c1-2-3-4-5-6-7-8-14-9-10-15(11-17(14)20(21,22)23)27-16-12-18(19(25)26)24-13-16/h9-11,16,18,24H,2-8,12-13H2,1H3,(H,25,26)/t16-,18?/m0/s1. The highest BCUT2D eigenvalue weighted by molar-refractivity contribution is 5.73. The Hall–Kier alpha value is -1.76. The van der Waals surface area contributed by atoms with Crippen LogP contribution in [0.25, 0.3) is 0 Å². The molecule has 0 spiro atoms. The molecule has 1 aliphatic rings. The molecule has 27 heavy (non-hydrogen) atoms. The second-order valence-electron chi connectivity index (χ2n) is 7.11. The maximum Gasteiger partial charge on any atom is 0.416 e. The fourth-order valence-electron chi connectivity index (χ4n) is 3.38. The first-order valence-corrected chi connectivity index (χ1v) is 9.64. The number of carbonyl (C=O) groups is 1. The summed E-state index contributed by atoms with van der Waals surface area (Å²) in [6, 6.07) is 3.36. The number of hydrogen-bond donors (Lipinski definition) is 2. The van der Waals surface area contributed by atoms with Crippen LogP contribution in [0.5, 0.6) is 5.75 Å². The van der Waals surface area contributed by atoms with Crippen molar-refractivity contribution in [2.24, 2.45) is 0 Å². The summed E-state index contributed by atoms with van der Waals surface area (Å²) in [5, 5.41) is 11.8. The zero-order valence-electron chi connectivity index (χ0n) is 15.6. The molecular weight excluding hydrogens is 359 g/mol. The Balaban J connectivity index is 1.97. The highest BCUT2D eigenvalue weighted by Crippen LogP contribution is 2.35. The van der Waals surface area contributed by atoms with Crippen molar-refractivity contribution in [3.63, 3.8) is 0 Å². The minimum Gasteiger partial charge on any atom is -0.489 e. The summed E-state index contributed by atoms with van der Waals surface area (Å²) in [5.41, 5.74) is -0.368. The highest BCUT2D eigenvalue weighted by Gasteiger charge is 2.35. The summed E-state index contributed by atoms with van der Waals surface area (Å²) in [6.07, 6.45) is 1.90. The number of benzene rings is 1. The second-order valence-corrected chi connectivity index (χ2v) is 7.11. The van der Waals surface area contributed by atoms with Gasteiger partial charge in [-0.05, 0) is 30.5 Å². The quantitative estimate of drug-likeness (QED) is 0.566. The van der Waals surface area contributed by atoms with E-state index in [9.17, 15) is 18.0 Å². The zero-order valence-corrected chi connectivity index (χ0v) is 15.6. The van der Waals surface area contributed by atoms with E-state index in [1.54, 1.807) is 6.07 Å². The molecule has 7 heteroatoms. The van der Waals surface area contributed by atoms with Crippen molar-refractivity contribution < 1.29 is 27.8 Å². The number of aryl methyl sites for hydroxylation is 1. The molecule has 0 aromatic heterocycles. The van der Waals surface area contributed by atoms with Crippen molar-refractivity contribution >= 4 is 5.97 Å². The van der Waals surface area contributed by atoms with Crippen molar-refractivity contribution in [1.82, 2.24) is 5.32 Å². The zero-order chi connectivity index (χ0) is 19.9. The third-order valence-corrected chi connectivity index (χ3v) is 4.88. The van der Waals surface area contributed by atoms with E-state index in [1.807, 2.05) is 0 Å². The van der Waals surface area contributed by atoms with Gasteiger partial charge in [-0.25, -0.2) is 0 Å². The molecule has 1 aliphatic heterocycles. The van der Waals surface area contributed by atoms with Gasteiger partial charge < -0.3 is 15.2 Å². The molecule has 2 N–H and O–H groups in total. The fourth-order valence-corrected chi connectivity index (χ4v) is 3.38. The van der Waals surface area contributed by atoms with E-state index in [4.69, 9.17) is 9.84 Å². The fraction of sp³-hybridized carbons (Fsp3) is 0.650. The van der Waals surface area contributed by atoms with E-state index in [0.717, 1.165) is 38.2 Å². The van der Waals surface area contributed by atoms with Crippen LogP contribution < -0.4 is 10.1 Å². The van der Waals surface area contributed by atoms with E-state index in [0.29, 0.717) is 18.5 Å². The Kier molecular flexibility index (Phi) is 7.95. The largest absolute Gasteiger partial charge is 0.489 e. The number of nitrogens with one attached hydrogen (secondary N) is 1. The van der Waals surface area contributed by atoms with Crippen LogP contribution in [0.2, 0.25) is 0 Å². The van der Waals surface area contributed by atoms with Crippen molar-refractivity contribution in [2.45, 2.75) is 76.6 Å². The lowest BCUT2D eigenvalue weighted by Gasteiger charge is -2.17. The maximum atomic E-state index is 13.4. The second kappa shape index (κ2) is 9.97. The van der Waals surface area contributed by atoms with Gasteiger partial charge >= 0.3 is 12.1 Å². The summed E-state index contributed by atoms with van der Waals surface area (Å²) in [6.45, 7) is 2.43. The molecule has 1 heterocycles. The topological polar surface area (TPSA) is 58.6 Å². The maximum absolute atomic E-state index is 13.4. The van der Waals surface area contributed by atoms with E-state index in [1.165, 1.54) is 12.5 Å². The van der Waals surface area contributed by atoms with E-state index in [-0.39, 0.29) is 12.2 Å². The monoisotopic (exact) mass is 387 g/mol. The van der Waals surface area contributed by atoms with Crippen molar-refractivity contribution in [1.29, 1.82) is 0 Å². The average Bonchev–Trinajstić information content (AvgIpc) is 3.07. The van der Waals surface area contributed by atoms with Gasteiger partial charge in [0.25, 0.3) is 0 Å². The van der Waals surface area contributed by atoms with Crippen LogP contribution >= 0.6 is 0 Å². The lowest BCUT2D eigenvalue weighted by atomic mass is 9.99. The number of carboxylic acid groups (broad SMARTS) is 1. The minimum atomic E-state index is -4.44. The molecule has 152 valence electrons. The first-order valence-electron chi connectivity index (χ1n) is 9.64. The predicted molar refractivity (Wildman–Crippen MR) is 97.0 cm³/mol. The third kappa shape index (κ3) is 6.72. The molecule has 0 bridgehead atoms. The number of hydrogen-bond acceptors (Lipinski definition) is 3. The van der Waals surface area contributed by atoms with Crippen LogP contribution in [0.1, 0.15) is 63.0 Å². The summed E-state index contributed by atoms with van der Waals surface area (Å²) in [4.78, 5) is 10.9. The Morgan fingerprint density at radius 2 is 1.93 bits per heavy atom. The first kappa shape index (κ1) is 21.5. The van der Waals surface area contributed by atoms with Crippen LogP contribution in [0.4, 0.5) is 13.2 Å². The number of ether oxygens (including phenoxy) is 1. The molecule has 4 nitrogen and oxygen atoms in total. The van der Waals surface area contributed by atoms with Crippen molar-refractivity contribution in [3.8, 4) is 5.75 Å². The molecule has 0 saturated carbocycles. The van der Waals surface area contributed by atoms with Gasteiger partial charge in [-0.1, -0.05) is 45.1 Å². The number of carboxylic acids is 1. The van der Waals surface area contributed by atoms with Crippen molar-refractivity contribution in [2.75, 3.05) is 6.54 Å². The van der Waals surface area contributed by atoms with Gasteiger partial charge in [-0.2, -0.15) is 13.2 Å². The van der Waals surface area contributed by atoms with E-state index in [2.05, 4.69) is 12.2 Å². The molecule has 1 saturated heterocycles. The SMILES string of the molecule is CCCCCCCCc1ccc(O[C@@H]2CNC(C(=O)O)C2)cc1C(F)(F)F. The smallest absolute Gasteiger partial charge is 0.416 e. The minimum absolute atomic E-state index is 0.131. The van der Waals surface area contributed by atoms with Crippen LogP contribution in [-0.4, -0.2) is 29.8 Å². The summed E-state index contributed by atoms with van der Waals surface area (Å²) < 4.78 is 45.9. The number of alkyl halides is 3. The molecule has 0 aliphatic carbocycles. The van der Waals surface area contributed by atoms with Gasteiger partial charge in [0.1, 0.15) is 17.9 Å². The Morgan fingerprint density at radius 1 is 1.22 bits per heavy atom. The Labute approximate surface area is 158 Å². The molecule has 1 unspecified atom stereocenters. The van der Waals surface area contributed by atoms with Gasteiger partial charge in [0.05, 0.1) is 5.56 Å². The van der Waals surface area contributed by atoms with Crippen LogP contribution in [0.15, 0.2) is 18.2 Å². The molecule has 2 atom stereocenters. The van der Waals surface area contributed by atoms with Crippen LogP contribution in [0, 0.1) is 0 Å². The van der Waals surface area contributed by atoms with E-state index >= 15 is 0 Å². The summed E-state index contributed by atoms with van der Waals surface area (Å²) >= 11 is 0. The van der Waals surface area contributed by atoms with Crippen LogP contribution in [-0.2, 0) is 17.4 Å². The number of unbranched alkanes of at least 4 members (excludes halogenated alkanes) is 5. The molecule has 0 amide bonds. The van der Waals surface area contributed by atoms with Gasteiger partial charge in [-0.3, -0.25) is 4.79 Å². The molecule has 1 aromatic carbocycles. The average molecular weight is 387 g/mol. The van der Waals surface area contributed by atoms with Gasteiger partial charge in [0.15, 0.2) is 0 Å². The highest BCUT2D eigenvalue weighted by atomic mass is 19.4. The predicted octanol–water partition coefficient (Wildman–Crippen LogP) is 4.80. The number of rotatable bonds is 10. The Bertz CT molecular complexity index is 619. The normalized spacial score (nSPS) is 20.0. The lowest BCUT2D eigenvalue weighted by Crippen LogP contribution is -2.30. The summed E-state index contributed by atoms with van der Waals surface area (Å²) in [7, 11) is 0. The Morgan fingerprint density at radius 3 is 2.56 bits per heavy atom. The summed E-state index contributed by atoms with van der Waals surface area (Å²) in [5.74, 6) is -0.849. The van der Waals surface area contributed by atoms with Gasteiger partial charge in [0.2, 0.25) is 0 Å². The van der Waals surface area contributed by atoms with Crippen molar-refractivity contribution in [3.05, 3.63) is 29.3 Å². The molecular formula is C20H28F3NO3. The first-order chi connectivity index (χ1) is 12.8. The third-order valence-electron chi connectivity index (χ3n) is 4.88. The lowest BCUT2D eigenvalue weighted by molar-refractivity contribution is -0.139. The van der Waals surface area contributed by atoms with Crippen LogP contribution in [0.3, 0.4) is 0 Å².